The zero-order valence-corrected chi connectivity index (χ0v) is 10.7. The normalized spacial score (nSPS) is 13.5. The maximum Gasteiger partial charge on any atom is 0.177 e. The van der Waals surface area contributed by atoms with Gasteiger partial charge in [0.1, 0.15) is 5.82 Å². The smallest absolute Gasteiger partial charge is 0.177 e. The van der Waals surface area contributed by atoms with E-state index in [9.17, 15) is 0 Å². The van der Waals surface area contributed by atoms with Crippen LogP contribution in [0.15, 0.2) is 12.3 Å². The molecule has 0 aliphatic heterocycles. The fraction of sp³-hybridized carbons (Fsp3) is 0.538. The maximum absolute atomic E-state index is 5.83. The van der Waals surface area contributed by atoms with Gasteiger partial charge in [-0.05, 0) is 30.9 Å². The van der Waals surface area contributed by atoms with Crippen molar-refractivity contribution in [1.82, 2.24) is 15.0 Å². The molecule has 92 valence electrons. The van der Waals surface area contributed by atoms with E-state index in [0.717, 1.165) is 23.4 Å². The van der Waals surface area contributed by atoms with Crippen LogP contribution >= 0.6 is 0 Å². The molecule has 0 aliphatic rings. The molecule has 0 amide bonds. The van der Waals surface area contributed by atoms with Gasteiger partial charge in [-0.25, -0.2) is 9.97 Å². The summed E-state index contributed by atoms with van der Waals surface area (Å²) in [6.07, 6.45) is 2.84. The van der Waals surface area contributed by atoms with Gasteiger partial charge in [-0.15, -0.1) is 0 Å². The van der Waals surface area contributed by atoms with Gasteiger partial charge in [0.15, 0.2) is 5.65 Å². The van der Waals surface area contributed by atoms with Gasteiger partial charge in [0.25, 0.3) is 0 Å². The van der Waals surface area contributed by atoms with Crippen LogP contribution in [-0.4, -0.2) is 21.5 Å². The molecule has 2 aromatic rings. The molecule has 0 radical (unpaired) electrons. The molecule has 0 saturated carbocycles. The lowest BCUT2D eigenvalue weighted by Gasteiger charge is -2.13. The van der Waals surface area contributed by atoms with E-state index in [0.29, 0.717) is 18.4 Å². The van der Waals surface area contributed by atoms with Crippen molar-refractivity contribution in [1.29, 1.82) is 0 Å². The largest absolute Gasteiger partial charge is 0.340 e. The summed E-state index contributed by atoms with van der Waals surface area (Å²) in [5.74, 6) is 1.88. The zero-order valence-electron chi connectivity index (χ0n) is 10.7. The maximum atomic E-state index is 5.83. The number of H-pyrrole nitrogens is 1. The van der Waals surface area contributed by atoms with Crippen LogP contribution in [0.2, 0.25) is 0 Å². The lowest BCUT2D eigenvalue weighted by molar-refractivity contribution is 0.491. The van der Waals surface area contributed by atoms with Crippen LogP contribution in [0.3, 0.4) is 0 Å². The minimum Gasteiger partial charge on any atom is -0.340 e. The molecule has 3 N–H and O–H groups in total. The van der Waals surface area contributed by atoms with E-state index in [4.69, 9.17) is 5.73 Å². The fourth-order valence-electron chi connectivity index (χ4n) is 2.14. The lowest BCUT2D eigenvalue weighted by atomic mass is 9.97. The first-order valence-corrected chi connectivity index (χ1v) is 6.13. The molecule has 0 bridgehead atoms. The summed E-state index contributed by atoms with van der Waals surface area (Å²) in [6, 6.07) is 1.99. The van der Waals surface area contributed by atoms with Crippen molar-refractivity contribution in [2.75, 3.05) is 6.54 Å². The van der Waals surface area contributed by atoms with Crippen LogP contribution in [0.4, 0.5) is 0 Å². The topological polar surface area (TPSA) is 67.6 Å². The standard InChI is InChI=1S/C13H20N4/c1-8(2)6-10(7-14)12-16-11-9(3)4-5-15-13(11)17-12/h4-5,8,10H,6-7,14H2,1-3H3,(H,15,16,17). The molecule has 2 rings (SSSR count). The molecular formula is C13H20N4. The van der Waals surface area contributed by atoms with Crippen LogP contribution in [-0.2, 0) is 0 Å². The van der Waals surface area contributed by atoms with Crippen LogP contribution in [0.5, 0.6) is 0 Å². The van der Waals surface area contributed by atoms with Gasteiger partial charge in [-0.3, -0.25) is 0 Å². The van der Waals surface area contributed by atoms with Crippen LogP contribution in [0.25, 0.3) is 11.2 Å². The minimum absolute atomic E-state index is 0.295. The number of rotatable bonds is 4. The van der Waals surface area contributed by atoms with E-state index < -0.39 is 0 Å². The Bertz CT molecular complexity index is 501. The monoisotopic (exact) mass is 232 g/mol. The Morgan fingerprint density at radius 3 is 2.76 bits per heavy atom. The van der Waals surface area contributed by atoms with E-state index >= 15 is 0 Å². The summed E-state index contributed by atoms with van der Waals surface area (Å²) in [5, 5.41) is 0. The predicted octanol–water partition coefficient (Wildman–Crippen LogP) is 2.35. The van der Waals surface area contributed by atoms with Crippen molar-refractivity contribution >= 4 is 11.2 Å². The second kappa shape index (κ2) is 4.84. The van der Waals surface area contributed by atoms with Gasteiger partial charge < -0.3 is 10.7 Å². The van der Waals surface area contributed by atoms with Crippen LogP contribution in [0.1, 0.15) is 37.6 Å². The Balaban J connectivity index is 2.37. The van der Waals surface area contributed by atoms with Gasteiger partial charge >= 0.3 is 0 Å². The molecule has 4 nitrogen and oxygen atoms in total. The number of imidazole rings is 1. The van der Waals surface area contributed by atoms with E-state index in [2.05, 4.69) is 35.7 Å². The summed E-state index contributed by atoms with van der Waals surface area (Å²) in [7, 11) is 0. The Kier molecular flexibility index (Phi) is 3.43. The SMILES string of the molecule is Cc1ccnc2nc(C(CN)CC(C)C)[nH]c12. The zero-order chi connectivity index (χ0) is 12.4. The van der Waals surface area contributed by atoms with E-state index in [1.165, 1.54) is 5.56 Å². The number of aromatic amines is 1. The second-order valence-corrected chi connectivity index (χ2v) is 5.01. The summed E-state index contributed by atoms with van der Waals surface area (Å²) in [4.78, 5) is 12.2. The molecule has 17 heavy (non-hydrogen) atoms. The fourth-order valence-corrected chi connectivity index (χ4v) is 2.14. The summed E-state index contributed by atoms with van der Waals surface area (Å²) in [6.45, 7) is 7.09. The first-order chi connectivity index (χ1) is 8.11. The molecule has 0 spiro atoms. The van der Waals surface area contributed by atoms with Crippen molar-refractivity contribution in [2.24, 2.45) is 11.7 Å². The van der Waals surface area contributed by atoms with E-state index in [1.807, 2.05) is 6.07 Å². The molecular weight excluding hydrogens is 212 g/mol. The number of aromatic nitrogens is 3. The number of nitrogens with two attached hydrogens (primary N) is 1. The molecule has 1 unspecified atom stereocenters. The highest BCUT2D eigenvalue weighted by Gasteiger charge is 2.16. The summed E-state index contributed by atoms with van der Waals surface area (Å²) >= 11 is 0. The highest BCUT2D eigenvalue weighted by atomic mass is 15.0. The number of nitrogens with one attached hydrogen (secondary N) is 1. The summed E-state index contributed by atoms with van der Waals surface area (Å²) < 4.78 is 0. The van der Waals surface area contributed by atoms with Crippen molar-refractivity contribution in [2.45, 2.75) is 33.1 Å². The summed E-state index contributed by atoms with van der Waals surface area (Å²) in [5.41, 5.74) is 8.83. The number of hydrogen-bond donors (Lipinski definition) is 2. The Morgan fingerprint density at radius 2 is 2.18 bits per heavy atom. The highest BCUT2D eigenvalue weighted by Crippen LogP contribution is 2.23. The number of pyridine rings is 1. The van der Waals surface area contributed by atoms with Gasteiger partial charge in [-0.1, -0.05) is 13.8 Å². The molecule has 2 aromatic heterocycles. The Morgan fingerprint density at radius 1 is 1.41 bits per heavy atom. The number of nitrogens with zero attached hydrogens (tertiary/aromatic N) is 2. The van der Waals surface area contributed by atoms with Gasteiger partial charge in [0.05, 0.1) is 5.52 Å². The lowest BCUT2D eigenvalue weighted by Crippen LogP contribution is -2.15. The van der Waals surface area contributed by atoms with E-state index in [1.54, 1.807) is 6.20 Å². The first-order valence-electron chi connectivity index (χ1n) is 6.13. The molecule has 4 heteroatoms. The molecule has 0 aliphatic carbocycles. The average molecular weight is 232 g/mol. The Hall–Kier alpha value is -1.42. The van der Waals surface area contributed by atoms with Gasteiger partial charge in [0, 0.05) is 18.7 Å². The van der Waals surface area contributed by atoms with Crippen LogP contribution < -0.4 is 5.73 Å². The number of fused-ring (bicyclic) bond motifs is 1. The van der Waals surface area contributed by atoms with Crippen molar-refractivity contribution in [3.63, 3.8) is 0 Å². The molecule has 1 atom stereocenters. The minimum atomic E-state index is 0.295. The quantitative estimate of drug-likeness (QED) is 0.850. The predicted molar refractivity (Wildman–Crippen MR) is 69.9 cm³/mol. The number of aryl methyl sites for hydroxylation is 1. The van der Waals surface area contributed by atoms with Gasteiger partial charge in [-0.2, -0.15) is 0 Å². The van der Waals surface area contributed by atoms with Crippen LogP contribution in [0, 0.1) is 12.8 Å². The third-order valence-corrected chi connectivity index (χ3v) is 3.05. The average Bonchev–Trinajstić information content (AvgIpc) is 2.70. The highest BCUT2D eigenvalue weighted by molar-refractivity contribution is 5.74. The number of hydrogen-bond acceptors (Lipinski definition) is 3. The molecule has 2 heterocycles. The Labute approximate surface area is 102 Å². The second-order valence-electron chi connectivity index (χ2n) is 5.01. The van der Waals surface area contributed by atoms with Crippen molar-refractivity contribution < 1.29 is 0 Å². The first kappa shape index (κ1) is 12.0. The molecule has 0 saturated heterocycles. The van der Waals surface area contributed by atoms with Crippen molar-refractivity contribution in [3.8, 4) is 0 Å². The third kappa shape index (κ3) is 2.47. The van der Waals surface area contributed by atoms with Crippen molar-refractivity contribution in [3.05, 3.63) is 23.7 Å². The third-order valence-electron chi connectivity index (χ3n) is 3.05. The molecule has 0 aromatic carbocycles. The van der Waals surface area contributed by atoms with E-state index in [-0.39, 0.29) is 0 Å². The van der Waals surface area contributed by atoms with Gasteiger partial charge in [0.2, 0.25) is 0 Å². The molecule has 0 fully saturated rings.